The summed E-state index contributed by atoms with van der Waals surface area (Å²) in [7, 11) is 1.60. The number of carbonyl (C=O) groups is 1. The molecule has 0 radical (unpaired) electrons. The lowest BCUT2D eigenvalue weighted by molar-refractivity contribution is 0.0690. The molecule has 2 rings (SSSR count). The van der Waals surface area contributed by atoms with Gasteiger partial charge in [0, 0.05) is 18.7 Å². The van der Waals surface area contributed by atoms with E-state index in [1.807, 2.05) is 24.0 Å². The first-order valence-corrected chi connectivity index (χ1v) is 8.50. The van der Waals surface area contributed by atoms with E-state index in [0.717, 1.165) is 39.0 Å². The molecule has 1 amide bonds. The van der Waals surface area contributed by atoms with Crippen LogP contribution in [0.2, 0.25) is 0 Å². The van der Waals surface area contributed by atoms with Gasteiger partial charge >= 0.3 is 0 Å². The van der Waals surface area contributed by atoms with Crippen molar-refractivity contribution in [1.82, 2.24) is 10.2 Å². The van der Waals surface area contributed by atoms with E-state index < -0.39 is 0 Å². The molecule has 136 valence electrons. The number of likely N-dealkylation sites (tertiary alicyclic amines) is 1. The van der Waals surface area contributed by atoms with Crippen LogP contribution in [-0.2, 0) is 0 Å². The zero-order valence-corrected chi connectivity index (χ0v) is 15.7. The molecule has 1 aliphatic heterocycles. The molecule has 5 nitrogen and oxygen atoms in total. The Morgan fingerprint density at radius 1 is 1.25 bits per heavy atom. The van der Waals surface area contributed by atoms with Crippen LogP contribution in [0.1, 0.15) is 37.0 Å². The van der Waals surface area contributed by atoms with Crippen molar-refractivity contribution in [3.63, 3.8) is 0 Å². The molecule has 0 spiro atoms. The third-order valence-electron chi connectivity index (χ3n) is 4.30. The second-order valence-corrected chi connectivity index (χ2v) is 5.84. The second-order valence-electron chi connectivity index (χ2n) is 5.84. The Bertz CT molecular complexity index is 517. The lowest BCUT2D eigenvalue weighted by atomic mass is 9.96. The molecule has 1 aromatic rings. The molecular weight excluding hydrogens is 328 g/mol. The Balaban J connectivity index is 0.00000288. The molecule has 6 heteroatoms. The number of benzene rings is 1. The van der Waals surface area contributed by atoms with Crippen molar-refractivity contribution in [2.75, 3.05) is 39.9 Å². The second kappa shape index (κ2) is 10.4. The molecule has 0 aliphatic carbocycles. The topological polar surface area (TPSA) is 50.8 Å². The predicted molar refractivity (Wildman–Crippen MR) is 98.6 cm³/mol. The molecule has 24 heavy (non-hydrogen) atoms. The number of piperidine rings is 1. The van der Waals surface area contributed by atoms with Crippen molar-refractivity contribution in [3.8, 4) is 11.5 Å². The van der Waals surface area contributed by atoms with Gasteiger partial charge in [-0.2, -0.15) is 0 Å². The van der Waals surface area contributed by atoms with Gasteiger partial charge in [-0.3, -0.25) is 4.79 Å². The standard InChI is InChI=1S/C18H28N2O3.ClH/c1-4-19-13-14-8-10-20(11-9-14)18(21)15-6-7-16(23-5-2)17(12-15)22-3;/h6-7,12,14,19H,4-5,8-11,13H2,1-3H3;1H. The Morgan fingerprint density at radius 3 is 2.54 bits per heavy atom. The Hall–Kier alpha value is -1.46. The highest BCUT2D eigenvalue weighted by atomic mass is 35.5. The number of amides is 1. The smallest absolute Gasteiger partial charge is 0.253 e. The van der Waals surface area contributed by atoms with Crippen LogP contribution in [0.15, 0.2) is 18.2 Å². The van der Waals surface area contributed by atoms with Gasteiger partial charge in [0.25, 0.3) is 5.91 Å². The highest BCUT2D eigenvalue weighted by Gasteiger charge is 2.24. The summed E-state index contributed by atoms with van der Waals surface area (Å²) in [6, 6.07) is 5.41. The number of halogens is 1. The normalized spacial score (nSPS) is 14.9. The maximum absolute atomic E-state index is 12.7. The van der Waals surface area contributed by atoms with Crippen LogP contribution < -0.4 is 14.8 Å². The summed E-state index contributed by atoms with van der Waals surface area (Å²) in [5, 5.41) is 3.39. The molecule has 0 bridgehead atoms. The fraction of sp³-hybridized carbons (Fsp3) is 0.611. The first-order valence-electron chi connectivity index (χ1n) is 8.50. The van der Waals surface area contributed by atoms with Gasteiger partial charge in [-0.1, -0.05) is 6.92 Å². The van der Waals surface area contributed by atoms with E-state index in [2.05, 4.69) is 12.2 Å². The van der Waals surface area contributed by atoms with E-state index in [0.29, 0.717) is 29.6 Å². The van der Waals surface area contributed by atoms with Crippen molar-refractivity contribution in [1.29, 1.82) is 0 Å². The number of rotatable bonds is 7. The molecule has 1 fully saturated rings. The van der Waals surface area contributed by atoms with Crippen LogP contribution in [0.25, 0.3) is 0 Å². The lowest BCUT2D eigenvalue weighted by Gasteiger charge is -2.32. The summed E-state index contributed by atoms with van der Waals surface area (Å²) in [6.07, 6.45) is 2.12. The molecule has 0 atom stereocenters. The minimum atomic E-state index is 0. The Kier molecular flexibility index (Phi) is 8.93. The fourth-order valence-electron chi connectivity index (χ4n) is 2.95. The number of nitrogens with one attached hydrogen (secondary N) is 1. The molecule has 1 N–H and O–H groups in total. The average Bonchev–Trinajstić information content (AvgIpc) is 2.60. The average molecular weight is 357 g/mol. The molecule has 1 saturated heterocycles. The lowest BCUT2D eigenvalue weighted by Crippen LogP contribution is -2.40. The molecule has 1 heterocycles. The van der Waals surface area contributed by atoms with E-state index in [4.69, 9.17) is 9.47 Å². The Labute approximate surface area is 151 Å². The number of nitrogens with zero attached hydrogens (tertiary/aromatic N) is 1. The molecule has 0 unspecified atom stereocenters. The molecular formula is C18H29ClN2O3. The van der Waals surface area contributed by atoms with Crippen molar-refractivity contribution in [2.45, 2.75) is 26.7 Å². The number of hydrogen-bond donors (Lipinski definition) is 1. The molecule has 1 aliphatic rings. The van der Waals surface area contributed by atoms with Crippen molar-refractivity contribution < 1.29 is 14.3 Å². The number of hydrogen-bond acceptors (Lipinski definition) is 4. The Morgan fingerprint density at radius 2 is 1.96 bits per heavy atom. The summed E-state index contributed by atoms with van der Waals surface area (Å²) >= 11 is 0. The van der Waals surface area contributed by atoms with Gasteiger partial charge in [-0.05, 0) is 57.0 Å². The van der Waals surface area contributed by atoms with Crippen LogP contribution in [-0.4, -0.2) is 50.7 Å². The van der Waals surface area contributed by atoms with Gasteiger partial charge < -0.3 is 19.7 Å². The van der Waals surface area contributed by atoms with Crippen LogP contribution >= 0.6 is 12.4 Å². The molecule has 0 aromatic heterocycles. The molecule has 0 saturated carbocycles. The highest BCUT2D eigenvalue weighted by molar-refractivity contribution is 5.95. The van der Waals surface area contributed by atoms with Crippen LogP contribution in [0.3, 0.4) is 0 Å². The van der Waals surface area contributed by atoms with Crippen LogP contribution in [0, 0.1) is 5.92 Å². The van der Waals surface area contributed by atoms with Gasteiger partial charge in [-0.15, -0.1) is 12.4 Å². The summed E-state index contributed by atoms with van der Waals surface area (Å²) in [4.78, 5) is 14.6. The van der Waals surface area contributed by atoms with Gasteiger partial charge in [0.15, 0.2) is 11.5 Å². The SMILES string of the molecule is CCNCC1CCN(C(=O)c2ccc(OCC)c(OC)c2)CC1.Cl. The van der Waals surface area contributed by atoms with Gasteiger partial charge in [-0.25, -0.2) is 0 Å². The first kappa shape index (κ1) is 20.6. The number of methoxy groups -OCH3 is 1. The maximum atomic E-state index is 12.7. The summed E-state index contributed by atoms with van der Waals surface area (Å²) in [5.41, 5.74) is 0.662. The summed E-state index contributed by atoms with van der Waals surface area (Å²) in [5.74, 6) is 2.04. The zero-order chi connectivity index (χ0) is 16.7. The predicted octanol–water partition coefficient (Wildman–Crippen LogP) is 2.98. The van der Waals surface area contributed by atoms with Gasteiger partial charge in [0.05, 0.1) is 13.7 Å². The molecule has 1 aromatic carbocycles. The third kappa shape index (κ3) is 5.28. The maximum Gasteiger partial charge on any atom is 0.253 e. The largest absolute Gasteiger partial charge is 0.493 e. The number of ether oxygens (including phenoxy) is 2. The summed E-state index contributed by atoms with van der Waals surface area (Å²) in [6.45, 7) is 8.33. The minimum Gasteiger partial charge on any atom is -0.493 e. The van der Waals surface area contributed by atoms with E-state index in [1.54, 1.807) is 13.2 Å². The van der Waals surface area contributed by atoms with E-state index in [9.17, 15) is 4.79 Å². The van der Waals surface area contributed by atoms with Gasteiger partial charge in [0.1, 0.15) is 0 Å². The number of carbonyl (C=O) groups excluding carboxylic acids is 1. The van der Waals surface area contributed by atoms with Crippen LogP contribution in [0.5, 0.6) is 11.5 Å². The monoisotopic (exact) mass is 356 g/mol. The van der Waals surface area contributed by atoms with E-state index in [-0.39, 0.29) is 18.3 Å². The first-order chi connectivity index (χ1) is 11.2. The quantitative estimate of drug-likeness (QED) is 0.816. The highest BCUT2D eigenvalue weighted by Crippen LogP contribution is 2.29. The third-order valence-corrected chi connectivity index (χ3v) is 4.30. The summed E-state index contributed by atoms with van der Waals surface area (Å²) < 4.78 is 10.8. The zero-order valence-electron chi connectivity index (χ0n) is 14.8. The fourth-order valence-corrected chi connectivity index (χ4v) is 2.95. The van der Waals surface area contributed by atoms with Crippen molar-refractivity contribution in [3.05, 3.63) is 23.8 Å². The minimum absolute atomic E-state index is 0. The van der Waals surface area contributed by atoms with E-state index in [1.165, 1.54) is 0 Å². The van der Waals surface area contributed by atoms with Crippen molar-refractivity contribution in [2.24, 2.45) is 5.92 Å². The van der Waals surface area contributed by atoms with Crippen molar-refractivity contribution >= 4 is 18.3 Å². The van der Waals surface area contributed by atoms with Crippen LogP contribution in [0.4, 0.5) is 0 Å². The van der Waals surface area contributed by atoms with E-state index >= 15 is 0 Å². The van der Waals surface area contributed by atoms with Gasteiger partial charge in [0.2, 0.25) is 0 Å².